The Kier molecular flexibility index (Phi) is 1.50. The van der Waals surface area contributed by atoms with Crippen LogP contribution in [0, 0.1) is 11.8 Å². The SMILES string of the molecule is C1CCC2C(C1)CC21OCCO1. The van der Waals surface area contributed by atoms with E-state index >= 15 is 0 Å². The summed E-state index contributed by atoms with van der Waals surface area (Å²) in [6.07, 6.45) is 6.74. The molecule has 2 saturated carbocycles. The van der Waals surface area contributed by atoms with Gasteiger partial charge in [-0.1, -0.05) is 12.8 Å². The minimum atomic E-state index is -0.0922. The summed E-state index contributed by atoms with van der Waals surface area (Å²) in [5.41, 5.74) is 0. The number of rotatable bonds is 0. The van der Waals surface area contributed by atoms with Crippen LogP contribution >= 0.6 is 0 Å². The van der Waals surface area contributed by atoms with E-state index < -0.39 is 0 Å². The Balaban J connectivity index is 1.75. The van der Waals surface area contributed by atoms with Gasteiger partial charge in [0.1, 0.15) is 0 Å². The molecule has 2 aliphatic carbocycles. The van der Waals surface area contributed by atoms with E-state index in [1.807, 2.05) is 0 Å². The quantitative estimate of drug-likeness (QED) is 0.550. The normalized spacial score (nSPS) is 44.0. The minimum Gasteiger partial charge on any atom is -0.347 e. The van der Waals surface area contributed by atoms with Crippen LogP contribution in [0.1, 0.15) is 32.1 Å². The zero-order valence-corrected chi connectivity index (χ0v) is 7.42. The van der Waals surface area contributed by atoms with E-state index in [9.17, 15) is 0 Å². The van der Waals surface area contributed by atoms with Gasteiger partial charge in [0.2, 0.25) is 0 Å². The highest BCUT2D eigenvalue weighted by atomic mass is 16.7. The van der Waals surface area contributed by atoms with Crippen LogP contribution in [-0.4, -0.2) is 19.0 Å². The van der Waals surface area contributed by atoms with Crippen LogP contribution in [0.4, 0.5) is 0 Å². The van der Waals surface area contributed by atoms with Gasteiger partial charge in [0.15, 0.2) is 5.79 Å². The highest BCUT2D eigenvalue weighted by Gasteiger charge is 2.58. The fourth-order valence-corrected chi connectivity index (χ4v) is 3.19. The van der Waals surface area contributed by atoms with Crippen molar-refractivity contribution in [2.75, 3.05) is 13.2 Å². The van der Waals surface area contributed by atoms with Crippen LogP contribution in [0.2, 0.25) is 0 Å². The zero-order chi connectivity index (χ0) is 8.02. The van der Waals surface area contributed by atoms with Gasteiger partial charge in [-0.3, -0.25) is 0 Å². The summed E-state index contributed by atoms with van der Waals surface area (Å²) in [5.74, 6) is 1.58. The van der Waals surface area contributed by atoms with Crippen molar-refractivity contribution < 1.29 is 9.47 Å². The average Bonchev–Trinajstić information content (AvgIpc) is 2.54. The van der Waals surface area contributed by atoms with Gasteiger partial charge >= 0.3 is 0 Å². The molecular formula is C10H16O2. The summed E-state index contributed by atoms with van der Waals surface area (Å²) in [4.78, 5) is 0. The van der Waals surface area contributed by atoms with Crippen LogP contribution in [-0.2, 0) is 9.47 Å². The van der Waals surface area contributed by atoms with Crippen LogP contribution < -0.4 is 0 Å². The Morgan fingerprint density at radius 3 is 2.50 bits per heavy atom. The molecule has 3 fully saturated rings. The molecule has 3 rings (SSSR count). The molecule has 12 heavy (non-hydrogen) atoms. The first kappa shape index (κ1) is 7.34. The second-order valence-electron chi connectivity index (χ2n) is 4.36. The van der Waals surface area contributed by atoms with Crippen molar-refractivity contribution in [2.24, 2.45) is 11.8 Å². The third-order valence-electron chi connectivity index (χ3n) is 3.80. The van der Waals surface area contributed by atoms with Crippen LogP contribution in [0.15, 0.2) is 0 Å². The fourth-order valence-electron chi connectivity index (χ4n) is 3.19. The Labute approximate surface area is 73.2 Å². The van der Waals surface area contributed by atoms with Crippen molar-refractivity contribution in [3.05, 3.63) is 0 Å². The van der Waals surface area contributed by atoms with E-state index in [0.717, 1.165) is 25.0 Å². The maximum absolute atomic E-state index is 5.72. The molecule has 1 spiro atoms. The summed E-state index contributed by atoms with van der Waals surface area (Å²) in [6.45, 7) is 1.65. The standard InChI is InChI=1S/C10H16O2/c1-2-4-9-8(3-1)7-10(9)11-5-6-12-10/h8-9H,1-7H2. The minimum absolute atomic E-state index is 0.0922. The third kappa shape index (κ3) is 0.826. The molecule has 1 saturated heterocycles. The van der Waals surface area contributed by atoms with E-state index in [2.05, 4.69) is 0 Å². The van der Waals surface area contributed by atoms with E-state index in [1.165, 1.54) is 32.1 Å². The molecule has 1 aliphatic heterocycles. The van der Waals surface area contributed by atoms with E-state index in [4.69, 9.17) is 9.47 Å². The fraction of sp³-hybridized carbons (Fsp3) is 1.00. The second-order valence-corrected chi connectivity index (χ2v) is 4.36. The van der Waals surface area contributed by atoms with Crippen molar-refractivity contribution in [1.82, 2.24) is 0 Å². The molecule has 0 aromatic heterocycles. The van der Waals surface area contributed by atoms with Crippen molar-refractivity contribution in [3.63, 3.8) is 0 Å². The lowest BCUT2D eigenvalue weighted by Gasteiger charge is -2.53. The molecule has 3 aliphatic rings. The second kappa shape index (κ2) is 2.46. The van der Waals surface area contributed by atoms with E-state index in [-0.39, 0.29) is 5.79 Å². The first-order valence-electron chi connectivity index (χ1n) is 5.19. The summed E-state index contributed by atoms with van der Waals surface area (Å²) in [5, 5.41) is 0. The van der Waals surface area contributed by atoms with Gasteiger partial charge in [-0.2, -0.15) is 0 Å². The smallest absolute Gasteiger partial charge is 0.171 e. The van der Waals surface area contributed by atoms with Crippen LogP contribution in [0.25, 0.3) is 0 Å². The topological polar surface area (TPSA) is 18.5 Å². The monoisotopic (exact) mass is 168 g/mol. The maximum Gasteiger partial charge on any atom is 0.171 e. The first-order valence-corrected chi connectivity index (χ1v) is 5.19. The largest absolute Gasteiger partial charge is 0.347 e. The van der Waals surface area contributed by atoms with E-state index in [0.29, 0.717) is 0 Å². The van der Waals surface area contributed by atoms with Gasteiger partial charge in [-0.25, -0.2) is 0 Å². The summed E-state index contributed by atoms with van der Waals surface area (Å²) >= 11 is 0. The lowest BCUT2D eigenvalue weighted by Crippen LogP contribution is -2.55. The highest BCUT2D eigenvalue weighted by molar-refractivity contribution is 5.00. The van der Waals surface area contributed by atoms with Crippen molar-refractivity contribution in [1.29, 1.82) is 0 Å². The molecule has 0 aromatic rings. The van der Waals surface area contributed by atoms with Gasteiger partial charge in [0, 0.05) is 12.3 Å². The van der Waals surface area contributed by atoms with Crippen LogP contribution in [0.3, 0.4) is 0 Å². The molecule has 2 nitrogen and oxygen atoms in total. The predicted octanol–water partition coefficient (Wildman–Crippen LogP) is 1.94. The molecule has 68 valence electrons. The van der Waals surface area contributed by atoms with Crippen molar-refractivity contribution >= 4 is 0 Å². The molecule has 2 unspecified atom stereocenters. The summed E-state index contributed by atoms with van der Waals surface area (Å²) < 4.78 is 11.4. The summed E-state index contributed by atoms with van der Waals surface area (Å²) in [6, 6.07) is 0. The number of ether oxygens (including phenoxy) is 2. The van der Waals surface area contributed by atoms with E-state index in [1.54, 1.807) is 0 Å². The Hall–Kier alpha value is -0.0800. The highest BCUT2D eigenvalue weighted by Crippen LogP contribution is 2.55. The molecule has 0 amide bonds. The molecular weight excluding hydrogens is 152 g/mol. The maximum atomic E-state index is 5.72. The number of hydrogen-bond donors (Lipinski definition) is 0. The molecule has 0 N–H and O–H groups in total. The lowest BCUT2D eigenvalue weighted by molar-refractivity contribution is -0.283. The van der Waals surface area contributed by atoms with Gasteiger partial charge in [0.05, 0.1) is 13.2 Å². The Morgan fingerprint density at radius 2 is 1.75 bits per heavy atom. The van der Waals surface area contributed by atoms with Gasteiger partial charge in [-0.15, -0.1) is 0 Å². The molecule has 2 atom stereocenters. The van der Waals surface area contributed by atoms with Gasteiger partial charge < -0.3 is 9.47 Å². The number of fused-ring (bicyclic) bond motifs is 2. The van der Waals surface area contributed by atoms with Gasteiger partial charge in [0.25, 0.3) is 0 Å². The Morgan fingerprint density at radius 1 is 1.00 bits per heavy atom. The van der Waals surface area contributed by atoms with Crippen molar-refractivity contribution in [3.8, 4) is 0 Å². The summed E-state index contributed by atoms with van der Waals surface area (Å²) in [7, 11) is 0. The van der Waals surface area contributed by atoms with Gasteiger partial charge in [-0.05, 0) is 18.8 Å². The van der Waals surface area contributed by atoms with Crippen LogP contribution in [0.5, 0.6) is 0 Å². The molecule has 0 bridgehead atoms. The Bertz CT molecular complexity index is 184. The molecule has 0 radical (unpaired) electrons. The third-order valence-corrected chi connectivity index (χ3v) is 3.80. The number of hydrogen-bond acceptors (Lipinski definition) is 2. The van der Waals surface area contributed by atoms with Crippen molar-refractivity contribution in [2.45, 2.75) is 37.9 Å². The molecule has 1 heterocycles. The first-order chi connectivity index (χ1) is 5.91. The zero-order valence-electron chi connectivity index (χ0n) is 7.42. The predicted molar refractivity (Wildman–Crippen MR) is 44.7 cm³/mol. The lowest BCUT2D eigenvalue weighted by atomic mass is 9.61. The molecule has 0 aromatic carbocycles. The molecule has 2 heteroatoms. The average molecular weight is 168 g/mol.